The fourth-order valence-corrected chi connectivity index (χ4v) is 2.07. The summed E-state index contributed by atoms with van der Waals surface area (Å²) in [4.78, 5) is 12.0. The topological polar surface area (TPSA) is 64.9 Å². The Balaban J connectivity index is 1.87. The van der Waals surface area contributed by atoms with Gasteiger partial charge in [-0.25, -0.2) is 4.39 Å². The maximum absolute atomic E-state index is 13.1. The van der Waals surface area contributed by atoms with Crippen LogP contribution in [0.15, 0.2) is 60.3 Å². The average Bonchev–Trinajstić information content (AvgIpc) is 2.57. The molecule has 2 N–H and O–H groups in total. The fourth-order valence-electron chi connectivity index (χ4n) is 2.07. The molecule has 0 aliphatic rings. The summed E-state index contributed by atoms with van der Waals surface area (Å²) < 4.78 is 13.1. The Hall–Kier alpha value is -3.13. The Kier molecular flexibility index (Phi) is 6.09. The van der Waals surface area contributed by atoms with E-state index in [2.05, 4.69) is 10.6 Å². The Morgan fingerprint density at radius 2 is 2.00 bits per heavy atom. The summed E-state index contributed by atoms with van der Waals surface area (Å²) in [5.74, 6) is -0.752. The zero-order chi connectivity index (χ0) is 17.4. The van der Waals surface area contributed by atoms with Crippen LogP contribution in [-0.2, 0) is 11.2 Å². The quantitative estimate of drug-likeness (QED) is 0.487. The Morgan fingerprint density at radius 3 is 2.67 bits per heavy atom. The summed E-state index contributed by atoms with van der Waals surface area (Å²) in [6.07, 6.45) is 1.97. The Morgan fingerprint density at radius 1 is 1.25 bits per heavy atom. The number of anilines is 1. The summed E-state index contributed by atoms with van der Waals surface area (Å²) in [5.41, 5.74) is 2.54. The number of rotatable bonds is 6. The number of nitriles is 1. The Bertz CT molecular complexity index is 776. The van der Waals surface area contributed by atoms with Gasteiger partial charge in [0, 0.05) is 18.4 Å². The first kappa shape index (κ1) is 17.2. The highest BCUT2D eigenvalue weighted by atomic mass is 19.1. The van der Waals surface area contributed by atoms with E-state index in [1.807, 2.05) is 31.2 Å². The lowest BCUT2D eigenvalue weighted by Crippen LogP contribution is -2.18. The number of hydrogen-bond donors (Lipinski definition) is 2. The van der Waals surface area contributed by atoms with Crippen molar-refractivity contribution in [2.24, 2.45) is 0 Å². The number of carbonyl (C=O) groups excluding carboxylic acids is 1. The highest BCUT2D eigenvalue weighted by molar-refractivity contribution is 6.06. The van der Waals surface area contributed by atoms with Crippen LogP contribution in [0, 0.1) is 24.1 Å². The lowest BCUT2D eigenvalue weighted by molar-refractivity contribution is -0.112. The maximum Gasteiger partial charge on any atom is 0.267 e. The van der Waals surface area contributed by atoms with Crippen molar-refractivity contribution in [1.29, 1.82) is 5.26 Å². The smallest absolute Gasteiger partial charge is 0.267 e. The van der Waals surface area contributed by atoms with Crippen molar-refractivity contribution >= 4 is 11.6 Å². The van der Waals surface area contributed by atoms with Crippen LogP contribution in [0.4, 0.5) is 10.1 Å². The van der Waals surface area contributed by atoms with E-state index in [9.17, 15) is 9.18 Å². The van der Waals surface area contributed by atoms with Gasteiger partial charge < -0.3 is 10.6 Å². The molecule has 0 bridgehead atoms. The summed E-state index contributed by atoms with van der Waals surface area (Å²) >= 11 is 0. The predicted molar refractivity (Wildman–Crippen MR) is 91.6 cm³/mol. The molecule has 0 unspecified atom stereocenters. The zero-order valence-corrected chi connectivity index (χ0v) is 13.3. The number of nitrogens with zero attached hydrogens (tertiary/aromatic N) is 1. The molecule has 0 saturated carbocycles. The molecule has 0 aliphatic heterocycles. The van der Waals surface area contributed by atoms with Gasteiger partial charge in [-0.05, 0) is 43.2 Å². The molecule has 2 rings (SSSR count). The number of carbonyl (C=O) groups is 1. The molecule has 4 nitrogen and oxygen atoms in total. The first-order chi connectivity index (χ1) is 11.6. The standard InChI is InChI=1S/C19H18FN3O/c1-14-5-7-18(8-6-14)23-19(24)16(12-21)13-22-10-9-15-3-2-4-17(20)11-15/h2-8,11,13,22H,9-10H2,1H3,(H,23,24)/b16-13-. The first-order valence-corrected chi connectivity index (χ1v) is 7.54. The fraction of sp³-hybridized carbons (Fsp3) is 0.158. The molecule has 0 aliphatic carbocycles. The molecular formula is C19H18FN3O. The second-order valence-corrected chi connectivity index (χ2v) is 5.32. The Labute approximate surface area is 140 Å². The molecule has 0 aromatic heterocycles. The van der Waals surface area contributed by atoms with E-state index in [0.717, 1.165) is 11.1 Å². The lowest BCUT2D eigenvalue weighted by Gasteiger charge is -2.06. The molecule has 0 saturated heterocycles. The molecule has 0 radical (unpaired) electrons. The minimum absolute atomic E-state index is 0.0187. The largest absolute Gasteiger partial charge is 0.389 e. The van der Waals surface area contributed by atoms with Crippen molar-refractivity contribution in [2.45, 2.75) is 13.3 Å². The third-order valence-electron chi connectivity index (χ3n) is 3.37. The van der Waals surface area contributed by atoms with Crippen molar-refractivity contribution in [1.82, 2.24) is 5.32 Å². The molecule has 0 atom stereocenters. The summed E-state index contributed by atoms with van der Waals surface area (Å²) in [6, 6.07) is 15.5. The monoisotopic (exact) mass is 323 g/mol. The van der Waals surface area contributed by atoms with Crippen LogP contribution < -0.4 is 10.6 Å². The second-order valence-electron chi connectivity index (χ2n) is 5.32. The van der Waals surface area contributed by atoms with Crippen LogP contribution in [0.1, 0.15) is 11.1 Å². The molecule has 1 amide bonds. The van der Waals surface area contributed by atoms with E-state index in [4.69, 9.17) is 5.26 Å². The number of benzene rings is 2. The molecule has 2 aromatic rings. The number of amides is 1. The normalized spacial score (nSPS) is 10.8. The number of aryl methyl sites for hydroxylation is 1. The van der Waals surface area contributed by atoms with E-state index in [-0.39, 0.29) is 11.4 Å². The molecule has 5 heteroatoms. The zero-order valence-electron chi connectivity index (χ0n) is 13.3. The third-order valence-corrected chi connectivity index (χ3v) is 3.37. The van der Waals surface area contributed by atoms with Gasteiger partial charge in [0.15, 0.2) is 0 Å². The van der Waals surface area contributed by atoms with Crippen molar-refractivity contribution in [3.05, 3.63) is 77.2 Å². The molecule has 0 heterocycles. The van der Waals surface area contributed by atoms with Crippen molar-refractivity contribution in [2.75, 3.05) is 11.9 Å². The van der Waals surface area contributed by atoms with Crippen LogP contribution in [0.3, 0.4) is 0 Å². The highest BCUT2D eigenvalue weighted by Crippen LogP contribution is 2.10. The molecule has 0 fully saturated rings. The molecule has 24 heavy (non-hydrogen) atoms. The number of halogens is 1. The third kappa shape index (κ3) is 5.25. The van der Waals surface area contributed by atoms with Crippen LogP contribution in [0.5, 0.6) is 0 Å². The van der Waals surface area contributed by atoms with E-state index >= 15 is 0 Å². The van der Waals surface area contributed by atoms with Crippen LogP contribution >= 0.6 is 0 Å². The molecule has 2 aromatic carbocycles. The highest BCUT2D eigenvalue weighted by Gasteiger charge is 2.08. The number of nitrogens with one attached hydrogen (secondary N) is 2. The lowest BCUT2D eigenvalue weighted by atomic mass is 10.1. The number of hydrogen-bond acceptors (Lipinski definition) is 3. The minimum Gasteiger partial charge on any atom is -0.389 e. The summed E-state index contributed by atoms with van der Waals surface area (Å²) in [7, 11) is 0. The average molecular weight is 323 g/mol. The van der Waals surface area contributed by atoms with E-state index in [1.165, 1.54) is 18.3 Å². The van der Waals surface area contributed by atoms with Crippen LogP contribution in [0.2, 0.25) is 0 Å². The molecular weight excluding hydrogens is 305 g/mol. The van der Waals surface area contributed by atoms with Crippen molar-refractivity contribution in [3.63, 3.8) is 0 Å². The van der Waals surface area contributed by atoms with Crippen molar-refractivity contribution in [3.8, 4) is 6.07 Å². The first-order valence-electron chi connectivity index (χ1n) is 7.54. The van der Waals surface area contributed by atoms with Crippen LogP contribution in [-0.4, -0.2) is 12.5 Å². The van der Waals surface area contributed by atoms with Gasteiger partial charge >= 0.3 is 0 Å². The van der Waals surface area contributed by atoms with Gasteiger partial charge in [0.05, 0.1) is 0 Å². The predicted octanol–water partition coefficient (Wildman–Crippen LogP) is 3.31. The van der Waals surface area contributed by atoms with E-state index in [1.54, 1.807) is 18.2 Å². The van der Waals surface area contributed by atoms with Gasteiger partial charge in [0.1, 0.15) is 17.5 Å². The van der Waals surface area contributed by atoms with Crippen LogP contribution in [0.25, 0.3) is 0 Å². The summed E-state index contributed by atoms with van der Waals surface area (Å²) in [5, 5.41) is 14.7. The van der Waals surface area contributed by atoms with E-state index < -0.39 is 5.91 Å². The van der Waals surface area contributed by atoms with Gasteiger partial charge in [-0.1, -0.05) is 29.8 Å². The maximum atomic E-state index is 13.1. The van der Waals surface area contributed by atoms with Gasteiger partial charge in [0.25, 0.3) is 5.91 Å². The van der Waals surface area contributed by atoms with E-state index in [0.29, 0.717) is 18.7 Å². The second kappa shape index (κ2) is 8.49. The van der Waals surface area contributed by atoms with Gasteiger partial charge in [-0.15, -0.1) is 0 Å². The van der Waals surface area contributed by atoms with Crippen molar-refractivity contribution < 1.29 is 9.18 Å². The molecule has 0 spiro atoms. The minimum atomic E-state index is -0.473. The van der Waals surface area contributed by atoms with Gasteiger partial charge in [-0.2, -0.15) is 5.26 Å². The summed E-state index contributed by atoms with van der Waals surface area (Å²) in [6.45, 7) is 2.45. The van der Waals surface area contributed by atoms with Gasteiger partial charge in [-0.3, -0.25) is 4.79 Å². The van der Waals surface area contributed by atoms with Gasteiger partial charge in [0.2, 0.25) is 0 Å². The SMILES string of the molecule is Cc1ccc(NC(=O)/C(C#N)=C\NCCc2cccc(F)c2)cc1. The molecule has 122 valence electrons.